The van der Waals surface area contributed by atoms with Crippen LogP contribution < -0.4 is 0 Å². The van der Waals surface area contributed by atoms with E-state index in [9.17, 15) is 19.2 Å². The zero-order valence-electron chi connectivity index (χ0n) is 47.5. The third-order valence-corrected chi connectivity index (χ3v) is 18.3. The molecule has 4 aliphatic carbocycles. The van der Waals surface area contributed by atoms with E-state index in [1.807, 2.05) is 30.3 Å². The van der Waals surface area contributed by atoms with E-state index in [4.69, 9.17) is 9.68 Å². The van der Waals surface area contributed by atoms with Crippen molar-refractivity contribution in [3.8, 4) is 22.3 Å². The van der Waals surface area contributed by atoms with Crippen LogP contribution >= 0.6 is 0 Å². The largest absolute Gasteiger partial charge is 0.365 e. The molecule has 0 bridgehead atoms. The van der Waals surface area contributed by atoms with Crippen LogP contribution in [0.5, 0.6) is 0 Å². The van der Waals surface area contributed by atoms with Gasteiger partial charge in [0.05, 0.1) is 11.1 Å². The number of rotatable bonds is 24. The van der Waals surface area contributed by atoms with E-state index >= 15 is 0 Å². The van der Waals surface area contributed by atoms with Crippen LogP contribution in [0.4, 0.5) is 0 Å². The van der Waals surface area contributed by atoms with Gasteiger partial charge in [0, 0.05) is 22.0 Å². The third-order valence-electron chi connectivity index (χ3n) is 18.3. The second kappa shape index (κ2) is 26.0. The quantitative estimate of drug-likeness (QED) is 0.0258. The van der Waals surface area contributed by atoms with Crippen molar-refractivity contribution in [2.75, 3.05) is 0 Å². The molecule has 10 rings (SSSR count). The first-order valence-electron chi connectivity index (χ1n) is 30.4. The van der Waals surface area contributed by atoms with Crippen LogP contribution in [-0.2, 0) is 26.9 Å². The van der Waals surface area contributed by atoms with Crippen molar-refractivity contribution in [2.45, 2.75) is 179 Å². The molecule has 0 radical (unpaired) electrons. The smallest absolute Gasteiger partial charge is 0.312 e. The van der Waals surface area contributed by atoms with Gasteiger partial charge in [0.2, 0.25) is 11.6 Å². The number of ketones is 2. The zero-order chi connectivity index (χ0) is 55.5. The number of hydrogen-bond donors (Lipinski definition) is 0. The Hall–Kier alpha value is -7.06. The summed E-state index contributed by atoms with van der Waals surface area (Å²) < 4.78 is 0. The Kier molecular flexibility index (Phi) is 18.3. The molecule has 6 aromatic carbocycles. The summed E-state index contributed by atoms with van der Waals surface area (Å²) in [4.78, 5) is 68.2. The zero-order valence-corrected chi connectivity index (χ0v) is 47.5. The van der Waals surface area contributed by atoms with Gasteiger partial charge in [-0.05, 0) is 150 Å². The van der Waals surface area contributed by atoms with Gasteiger partial charge in [0.25, 0.3) is 0 Å². The average Bonchev–Trinajstić information content (AvgIpc) is 3.42. The molecule has 6 aromatic rings. The van der Waals surface area contributed by atoms with Crippen LogP contribution in [0.1, 0.15) is 231 Å². The summed E-state index contributed by atoms with van der Waals surface area (Å²) in [6.07, 6.45) is 22.5. The summed E-state index contributed by atoms with van der Waals surface area (Å²) in [6.45, 7) is 6.73. The summed E-state index contributed by atoms with van der Waals surface area (Å²) in [6, 6.07) is 46.2. The van der Waals surface area contributed by atoms with E-state index in [1.165, 1.54) is 46.2 Å². The van der Waals surface area contributed by atoms with Crippen LogP contribution in [0, 0.1) is 11.8 Å². The van der Waals surface area contributed by atoms with Crippen LogP contribution in [-0.4, -0.2) is 34.9 Å². The van der Waals surface area contributed by atoms with Gasteiger partial charge in [0.1, 0.15) is 11.4 Å². The van der Waals surface area contributed by atoms with Gasteiger partial charge in [-0.1, -0.05) is 231 Å². The minimum atomic E-state index is -0.586. The number of carbonyl (C=O) groups excluding carboxylic acids is 4. The number of fused-ring (bicyclic) bond motifs is 6. The number of carbonyl (C=O) groups is 4. The molecular weight excluding hydrogens is 989 g/mol. The predicted molar refractivity (Wildman–Crippen MR) is 322 cm³/mol. The molecule has 414 valence electrons. The fourth-order valence-corrected chi connectivity index (χ4v) is 14.2. The number of aryl methyl sites for hydroxylation is 1. The second-order valence-electron chi connectivity index (χ2n) is 23.6. The van der Waals surface area contributed by atoms with Crippen molar-refractivity contribution in [1.82, 2.24) is 0 Å². The van der Waals surface area contributed by atoms with Gasteiger partial charge >= 0.3 is 11.9 Å². The standard InChI is InChI=1S/C72H80N2O6/c1-4-7-42-72(43-8-5-2)62-36-21-19-34-58(62)60-40-38-55(49-64(60)72)68(76)66(47-52-26-14-10-15-27-52)74-80-70(78)56-32-22-28-50(45-56)29-23-44-71(41-6-3)61-35-20-18-33-57(61)59-39-37-54(48-63(59)71)67(75)65(46-51-24-12-9-13-25-51)73-79-69(77)53-30-16-11-17-31-53/h11,16-22,28,30-40,45,48-49,51-52H,4-10,12-15,23-27,29,41-44,46-47H2,1-3H3/b73-65+,74-66+. The van der Waals surface area contributed by atoms with Crippen molar-refractivity contribution < 1.29 is 28.9 Å². The highest BCUT2D eigenvalue weighted by Crippen LogP contribution is 2.56. The SMILES string of the molecule is CCCCC1(CCCC)c2ccccc2-c2ccc(C(=O)/C(CC3CCCCC3)=N/OC(=O)c3cccc(CCCC4(CCC)c5ccccc5-c5ccc(C(=O)/C(CC6CCCCC6)=N/OC(=O)c6ccccc6)cc54)c3)cc21. The number of hydrogen-bond acceptors (Lipinski definition) is 8. The highest BCUT2D eigenvalue weighted by Gasteiger charge is 2.44. The lowest BCUT2D eigenvalue weighted by atomic mass is 9.70. The van der Waals surface area contributed by atoms with Gasteiger partial charge in [-0.15, -0.1) is 0 Å². The lowest BCUT2D eigenvalue weighted by Gasteiger charge is -2.33. The van der Waals surface area contributed by atoms with E-state index in [0.717, 1.165) is 132 Å². The lowest BCUT2D eigenvalue weighted by molar-refractivity contribution is 0.0504. The number of unbranched alkanes of at least 4 members (excludes halogenated alkanes) is 2. The van der Waals surface area contributed by atoms with Gasteiger partial charge in [-0.3, -0.25) is 9.59 Å². The fourth-order valence-electron chi connectivity index (χ4n) is 14.2. The molecular formula is C72H80N2O6. The molecule has 0 aliphatic heterocycles. The number of nitrogens with zero attached hydrogens (tertiary/aromatic N) is 2. The number of oxime groups is 2. The summed E-state index contributed by atoms with van der Waals surface area (Å²) in [5, 5.41) is 8.85. The average molecular weight is 1070 g/mol. The van der Waals surface area contributed by atoms with Gasteiger partial charge in [0.15, 0.2) is 0 Å². The molecule has 0 amide bonds. The van der Waals surface area contributed by atoms with Crippen LogP contribution in [0.2, 0.25) is 0 Å². The van der Waals surface area contributed by atoms with Gasteiger partial charge in [-0.2, -0.15) is 0 Å². The van der Waals surface area contributed by atoms with Crippen molar-refractivity contribution in [3.63, 3.8) is 0 Å². The summed E-state index contributed by atoms with van der Waals surface area (Å²) in [5.74, 6) is -0.940. The van der Waals surface area contributed by atoms with Crippen molar-refractivity contribution >= 4 is 34.9 Å². The fraction of sp³-hybridized carbons (Fsp3) is 0.417. The molecule has 1 atom stereocenters. The monoisotopic (exact) mass is 1070 g/mol. The Morgan fingerprint density at radius 3 is 1.39 bits per heavy atom. The predicted octanol–water partition coefficient (Wildman–Crippen LogP) is 18.2. The van der Waals surface area contributed by atoms with E-state index in [2.05, 4.69) is 110 Å². The third kappa shape index (κ3) is 12.0. The first-order valence-corrected chi connectivity index (χ1v) is 30.4. The Balaban J connectivity index is 0.882. The maximum Gasteiger partial charge on any atom is 0.365 e. The van der Waals surface area contributed by atoms with Crippen LogP contribution in [0.25, 0.3) is 22.3 Å². The molecule has 8 heteroatoms. The Morgan fingerprint density at radius 1 is 0.425 bits per heavy atom. The molecule has 0 spiro atoms. The highest BCUT2D eigenvalue weighted by molar-refractivity contribution is 6.46. The van der Waals surface area contributed by atoms with Crippen molar-refractivity contribution in [3.05, 3.63) is 190 Å². The molecule has 2 saturated carbocycles. The molecule has 0 heterocycles. The first kappa shape index (κ1) is 56.2. The minimum Gasteiger partial charge on any atom is -0.312 e. The molecule has 1 unspecified atom stereocenters. The summed E-state index contributed by atoms with van der Waals surface area (Å²) in [5.41, 5.74) is 12.8. The molecule has 8 nitrogen and oxygen atoms in total. The maximum atomic E-state index is 14.9. The Labute approximate surface area is 474 Å². The van der Waals surface area contributed by atoms with Crippen molar-refractivity contribution in [2.24, 2.45) is 22.1 Å². The number of Topliss-reactive ketones (excluding diaryl/α,β-unsaturated/α-hetero) is 2. The lowest BCUT2D eigenvalue weighted by Crippen LogP contribution is -2.26. The van der Waals surface area contributed by atoms with Crippen molar-refractivity contribution in [1.29, 1.82) is 0 Å². The normalized spacial score (nSPS) is 17.7. The summed E-state index contributed by atoms with van der Waals surface area (Å²) in [7, 11) is 0. The van der Waals surface area contributed by atoms with Crippen LogP contribution in [0.15, 0.2) is 150 Å². The van der Waals surface area contributed by atoms with E-state index < -0.39 is 11.9 Å². The Bertz CT molecular complexity index is 3240. The molecule has 0 aromatic heterocycles. The second-order valence-corrected chi connectivity index (χ2v) is 23.6. The summed E-state index contributed by atoms with van der Waals surface area (Å²) >= 11 is 0. The van der Waals surface area contributed by atoms with E-state index in [-0.39, 0.29) is 28.1 Å². The molecule has 0 saturated heterocycles. The van der Waals surface area contributed by atoms with E-state index in [1.54, 1.807) is 30.3 Å². The van der Waals surface area contributed by atoms with Crippen LogP contribution in [0.3, 0.4) is 0 Å². The van der Waals surface area contributed by atoms with Gasteiger partial charge in [-0.25, -0.2) is 9.59 Å². The molecule has 0 N–H and O–H groups in total. The maximum absolute atomic E-state index is 14.9. The van der Waals surface area contributed by atoms with Gasteiger partial charge < -0.3 is 9.68 Å². The highest BCUT2D eigenvalue weighted by atomic mass is 16.7. The molecule has 4 aliphatic rings. The number of benzene rings is 6. The van der Waals surface area contributed by atoms with E-state index in [0.29, 0.717) is 59.1 Å². The first-order chi connectivity index (χ1) is 39.2. The molecule has 2 fully saturated rings. The minimum absolute atomic E-state index is 0.157. The topological polar surface area (TPSA) is 111 Å². The molecule has 80 heavy (non-hydrogen) atoms. The Morgan fingerprint density at radius 2 is 0.875 bits per heavy atom.